The molecule has 2 aromatic rings. The lowest BCUT2D eigenvalue weighted by molar-refractivity contribution is 0.306. The van der Waals surface area contributed by atoms with Crippen molar-refractivity contribution in [3.05, 3.63) is 52.0 Å². The number of hydrogen-bond acceptors (Lipinski definition) is 8. The second-order valence-corrected chi connectivity index (χ2v) is 9.01. The fourth-order valence-corrected chi connectivity index (χ4v) is 4.20. The van der Waals surface area contributed by atoms with E-state index in [4.69, 9.17) is 39.4 Å². The second kappa shape index (κ2) is 7.93. The summed E-state index contributed by atoms with van der Waals surface area (Å²) in [6.07, 6.45) is 0. The largest absolute Gasteiger partial charge is 0.487 e. The number of halogens is 3. The standard InChI is InChI=1S/C18H18Cl2FN5O3S/c1-18(2)25-16(22)24-17(23)26(18)11-4-6-14(13(20)8-11)29-9-10-3-5-12(19)15(7-10)30(21,27)28/h3-8H,9H2,1-2H3,(H4,22,23,24,25). The van der Waals surface area contributed by atoms with Crippen LogP contribution in [0.3, 0.4) is 0 Å². The van der Waals surface area contributed by atoms with Crippen molar-refractivity contribution in [3.8, 4) is 5.75 Å². The fourth-order valence-electron chi connectivity index (χ4n) is 2.98. The summed E-state index contributed by atoms with van der Waals surface area (Å²) in [4.78, 5) is 9.30. The maximum atomic E-state index is 13.3. The van der Waals surface area contributed by atoms with Crippen molar-refractivity contribution >= 4 is 51.0 Å². The summed E-state index contributed by atoms with van der Waals surface area (Å²) in [5.74, 6) is 0.573. The van der Waals surface area contributed by atoms with Crippen LogP contribution >= 0.6 is 23.2 Å². The summed E-state index contributed by atoms with van der Waals surface area (Å²) in [6.45, 7) is 3.58. The van der Waals surface area contributed by atoms with Crippen LogP contribution in [0.5, 0.6) is 5.75 Å². The normalized spacial score (nSPS) is 16.1. The van der Waals surface area contributed by atoms with Gasteiger partial charge in [-0.05, 0) is 49.7 Å². The van der Waals surface area contributed by atoms with Gasteiger partial charge < -0.3 is 16.2 Å². The van der Waals surface area contributed by atoms with Crippen LogP contribution in [0.15, 0.2) is 51.3 Å². The topological polar surface area (TPSA) is 123 Å². The van der Waals surface area contributed by atoms with Crippen LogP contribution in [-0.4, -0.2) is 26.0 Å². The van der Waals surface area contributed by atoms with Gasteiger partial charge in [-0.2, -0.15) is 13.4 Å². The van der Waals surface area contributed by atoms with E-state index in [0.29, 0.717) is 17.0 Å². The number of nitrogens with two attached hydrogens (primary N) is 2. The molecule has 30 heavy (non-hydrogen) atoms. The van der Waals surface area contributed by atoms with Crippen molar-refractivity contribution < 1.29 is 17.0 Å². The van der Waals surface area contributed by atoms with Gasteiger partial charge >= 0.3 is 10.2 Å². The number of nitrogens with zero attached hydrogens (tertiary/aromatic N) is 3. The van der Waals surface area contributed by atoms with Gasteiger partial charge in [0, 0.05) is 5.69 Å². The molecule has 0 aliphatic carbocycles. The molecule has 0 amide bonds. The minimum atomic E-state index is -4.95. The summed E-state index contributed by atoms with van der Waals surface area (Å²) in [5.41, 5.74) is 11.9. The van der Waals surface area contributed by atoms with Gasteiger partial charge in [0.1, 0.15) is 22.9 Å². The monoisotopic (exact) mass is 473 g/mol. The zero-order valence-corrected chi connectivity index (χ0v) is 18.3. The van der Waals surface area contributed by atoms with Crippen molar-refractivity contribution in [2.75, 3.05) is 4.90 Å². The molecule has 0 atom stereocenters. The number of hydrogen-bond donors (Lipinski definition) is 2. The number of rotatable bonds is 5. The molecule has 0 saturated carbocycles. The fraction of sp³-hybridized carbons (Fsp3) is 0.222. The van der Waals surface area contributed by atoms with Gasteiger partial charge in [-0.15, -0.1) is 3.89 Å². The van der Waals surface area contributed by atoms with E-state index < -0.39 is 20.8 Å². The van der Waals surface area contributed by atoms with Crippen molar-refractivity contribution in [1.29, 1.82) is 0 Å². The SMILES string of the molecule is CC1(C)N=C(N)N=C(N)N1c1ccc(OCc2ccc(Cl)c(S(=O)(=O)F)c2)c(Cl)c1. The molecule has 160 valence electrons. The van der Waals surface area contributed by atoms with Gasteiger partial charge in [0.2, 0.25) is 11.9 Å². The first-order valence-electron chi connectivity index (χ1n) is 8.53. The van der Waals surface area contributed by atoms with E-state index >= 15 is 0 Å². The van der Waals surface area contributed by atoms with E-state index in [1.165, 1.54) is 12.1 Å². The smallest absolute Gasteiger partial charge is 0.333 e. The van der Waals surface area contributed by atoms with Gasteiger partial charge in [-0.1, -0.05) is 29.3 Å². The average Bonchev–Trinajstić information content (AvgIpc) is 2.59. The van der Waals surface area contributed by atoms with Gasteiger partial charge in [0.25, 0.3) is 0 Å². The number of anilines is 1. The molecule has 12 heteroatoms. The highest BCUT2D eigenvalue weighted by Crippen LogP contribution is 2.34. The molecule has 1 aliphatic heterocycles. The first kappa shape index (κ1) is 22.1. The van der Waals surface area contributed by atoms with Crippen LogP contribution in [0.2, 0.25) is 10.0 Å². The van der Waals surface area contributed by atoms with E-state index in [-0.39, 0.29) is 28.6 Å². The molecular weight excluding hydrogens is 456 g/mol. The Morgan fingerprint density at radius 2 is 1.83 bits per heavy atom. The van der Waals surface area contributed by atoms with E-state index in [0.717, 1.165) is 6.07 Å². The minimum Gasteiger partial charge on any atom is -0.487 e. The predicted molar refractivity (Wildman–Crippen MR) is 115 cm³/mol. The van der Waals surface area contributed by atoms with Crippen LogP contribution in [0, 0.1) is 0 Å². The Balaban J connectivity index is 1.82. The molecule has 0 bridgehead atoms. The molecule has 0 unspecified atom stereocenters. The molecule has 1 heterocycles. The van der Waals surface area contributed by atoms with Crippen LogP contribution in [0.25, 0.3) is 0 Å². The maximum Gasteiger partial charge on any atom is 0.333 e. The van der Waals surface area contributed by atoms with Gasteiger partial charge in [0.05, 0.1) is 10.0 Å². The first-order chi connectivity index (χ1) is 13.9. The zero-order chi connectivity index (χ0) is 22.3. The molecule has 2 aromatic carbocycles. The lowest BCUT2D eigenvalue weighted by atomic mass is 10.1. The van der Waals surface area contributed by atoms with Crippen molar-refractivity contribution in [2.45, 2.75) is 31.0 Å². The summed E-state index contributed by atoms with van der Waals surface area (Å²) in [7, 11) is -4.95. The van der Waals surface area contributed by atoms with Gasteiger partial charge in [-0.25, -0.2) is 4.99 Å². The zero-order valence-electron chi connectivity index (χ0n) is 15.9. The molecule has 0 spiro atoms. The number of benzene rings is 2. The molecular formula is C18H18Cl2FN5O3S. The average molecular weight is 474 g/mol. The molecule has 0 fully saturated rings. The summed E-state index contributed by atoms with van der Waals surface area (Å²) in [6, 6.07) is 8.86. The number of aliphatic imine (C=N–C) groups is 2. The lowest BCUT2D eigenvalue weighted by Gasteiger charge is -2.38. The summed E-state index contributed by atoms with van der Waals surface area (Å²) >= 11 is 12.1. The lowest BCUT2D eigenvalue weighted by Crippen LogP contribution is -2.54. The van der Waals surface area contributed by atoms with Crippen LogP contribution < -0.4 is 21.1 Å². The third-order valence-electron chi connectivity index (χ3n) is 4.22. The molecule has 0 aromatic heterocycles. The van der Waals surface area contributed by atoms with Crippen molar-refractivity contribution in [2.24, 2.45) is 21.5 Å². The Morgan fingerprint density at radius 1 is 1.13 bits per heavy atom. The summed E-state index contributed by atoms with van der Waals surface area (Å²) in [5, 5.41) is 0.0567. The van der Waals surface area contributed by atoms with Crippen LogP contribution in [-0.2, 0) is 16.8 Å². The molecule has 0 radical (unpaired) electrons. The highest BCUT2D eigenvalue weighted by Gasteiger charge is 2.33. The Bertz CT molecular complexity index is 1170. The van der Waals surface area contributed by atoms with E-state index in [2.05, 4.69) is 9.98 Å². The number of ether oxygens (including phenoxy) is 1. The molecule has 0 saturated heterocycles. The highest BCUT2D eigenvalue weighted by molar-refractivity contribution is 7.86. The second-order valence-electron chi connectivity index (χ2n) is 6.88. The minimum absolute atomic E-state index is 0.0572. The first-order valence-corrected chi connectivity index (χ1v) is 10.7. The van der Waals surface area contributed by atoms with Crippen molar-refractivity contribution in [3.63, 3.8) is 0 Å². The van der Waals surface area contributed by atoms with E-state index in [9.17, 15) is 12.3 Å². The van der Waals surface area contributed by atoms with Crippen LogP contribution in [0.4, 0.5) is 9.57 Å². The molecule has 4 N–H and O–H groups in total. The third kappa shape index (κ3) is 4.61. The Labute approximate surface area is 183 Å². The molecule has 1 aliphatic rings. The Morgan fingerprint density at radius 3 is 2.43 bits per heavy atom. The maximum absolute atomic E-state index is 13.3. The Hall–Kier alpha value is -2.56. The van der Waals surface area contributed by atoms with E-state index in [1.807, 2.05) is 13.8 Å². The van der Waals surface area contributed by atoms with Gasteiger partial charge in [-0.3, -0.25) is 4.90 Å². The summed E-state index contributed by atoms with van der Waals surface area (Å²) < 4.78 is 41.3. The van der Waals surface area contributed by atoms with Crippen LogP contribution in [0.1, 0.15) is 19.4 Å². The van der Waals surface area contributed by atoms with Gasteiger partial charge in [0.15, 0.2) is 0 Å². The Kier molecular flexibility index (Phi) is 5.85. The third-order valence-corrected chi connectivity index (χ3v) is 5.82. The highest BCUT2D eigenvalue weighted by atomic mass is 35.5. The quantitative estimate of drug-likeness (QED) is 0.641. The predicted octanol–water partition coefficient (Wildman–Crippen LogP) is 3.42. The number of guanidine groups is 2. The van der Waals surface area contributed by atoms with Crippen molar-refractivity contribution in [1.82, 2.24) is 0 Å². The molecule has 3 rings (SSSR count). The van der Waals surface area contributed by atoms with E-state index in [1.54, 1.807) is 23.1 Å². The molecule has 8 nitrogen and oxygen atoms in total.